The Labute approximate surface area is 85.6 Å². The van der Waals surface area contributed by atoms with E-state index in [2.05, 4.69) is 17.0 Å². The van der Waals surface area contributed by atoms with Gasteiger partial charge >= 0.3 is 0 Å². The molecule has 0 saturated carbocycles. The Bertz CT molecular complexity index is 209. The molecule has 80 valence electrons. The summed E-state index contributed by atoms with van der Waals surface area (Å²) in [6.07, 6.45) is 5.18. The molecule has 0 aromatic carbocycles. The van der Waals surface area contributed by atoms with Crippen molar-refractivity contribution in [2.24, 2.45) is 4.99 Å². The van der Waals surface area contributed by atoms with Gasteiger partial charge in [-0.25, -0.2) is 10.4 Å². The van der Waals surface area contributed by atoms with E-state index in [9.17, 15) is 0 Å². The third-order valence-electron chi connectivity index (χ3n) is 2.24. The van der Waals surface area contributed by atoms with E-state index < -0.39 is 0 Å². The van der Waals surface area contributed by atoms with Gasteiger partial charge in [0, 0.05) is 19.9 Å². The van der Waals surface area contributed by atoms with Gasteiger partial charge in [-0.3, -0.25) is 5.01 Å². The predicted octanol–water partition coefficient (Wildman–Crippen LogP) is 1.51. The molecule has 1 saturated heterocycles. The summed E-state index contributed by atoms with van der Waals surface area (Å²) in [7, 11) is 1.86. The Morgan fingerprint density at radius 3 is 2.93 bits per heavy atom. The van der Waals surface area contributed by atoms with Crippen LogP contribution in [0.4, 0.5) is 0 Å². The molecule has 0 radical (unpaired) electrons. The molecule has 4 nitrogen and oxygen atoms in total. The van der Waals surface area contributed by atoms with Crippen LogP contribution in [0.2, 0.25) is 0 Å². The molecule has 14 heavy (non-hydrogen) atoms. The van der Waals surface area contributed by atoms with Crippen LogP contribution in [-0.4, -0.2) is 31.1 Å². The van der Waals surface area contributed by atoms with Crippen LogP contribution in [0.3, 0.4) is 0 Å². The van der Waals surface area contributed by atoms with Gasteiger partial charge < -0.3 is 4.74 Å². The lowest BCUT2D eigenvalue weighted by molar-refractivity contribution is -0.0880. The summed E-state index contributed by atoms with van der Waals surface area (Å²) in [6.45, 7) is 6.58. The number of hydrogen-bond donors (Lipinski definition) is 1. The minimum absolute atomic E-state index is 0.0740. The second-order valence-electron chi connectivity index (χ2n) is 3.22. The van der Waals surface area contributed by atoms with Crippen LogP contribution in [0, 0.1) is 0 Å². The van der Waals surface area contributed by atoms with E-state index in [0.29, 0.717) is 5.82 Å². The minimum Gasteiger partial charge on any atom is -0.357 e. The van der Waals surface area contributed by atoms with E-state index in [0.717, 1.165) is 19.4 Å². The highest BCUT2D eigenvalue weighted by Gasteiger charge is 2.21. The molecular weight excluding hydrogens is 178 g/mol. The summed E-state index contributed by atoms with van der Waals surface area (Å²) in [4.78, 5) is 4.13. The number of aliphatic imine (C=N–C) groups is 1. The zero-order valence-electron chi connectivity index (χ0n) is 8.99. The van der Waals surface area contributed by atoms with Crippen LogP contribution < -0.4 is 5.43 Å². The fraction of sp³-hybridized carbons (Fsp3) is 0.700. The summed E-state index contributed by atoms with van der Waals surface area (Å²) in [6, 6.07) is 0. The second kappa shape index (κ2) is 5.78. The van der Waals surface area contributed by atoms with Gasteiger partial charge in [0.1, 0.15) is 12.0 Å². The van der Waals surface area contributed by atoms with Crippen molar-refractivity contribution >= 4 is 6.21 Å². The van der Waals surface area contributed by atoms with E-state index in [1.54, 1.807) is 6.21 Å². The summed E-state index contributed by atoms with van der Waals surface area (Å²) in [5, 5.41) is 1.87. The first kappa shape index (κ1) is 11.2. The van der Waals surface area contributed by atoms with Crippen LogP contribution in [0.1, 0.15) is 26.2 Å². The lowest BCUT2D eigenvalue weighted by Gasteiger charge is -2.34. The van der Waals surface area contributed by atoms with Gasteiger partial charge in [-0.15, -0.1) is 0 Å². The molecule has 4 heteroatoms. The Morgan fingerprint density at radius 2 is 2.43 bits per heavy atom. The van der Waals surface area contributed by atoms with Crippen molar-refractivity contribution in [2.75, 3.05) is 13.7 Å². The Morgan fingerprint density at radius 1 is 1.64 bits per heavy atom. The Kier molecular flexibility index (Phi) is 4.62. The molecule has 0 aliphatic carbocycles. The van der Waals surface area contributed by atoms with Crippen molar-refractivity contribution in [1.29, 1.82) is 0 Å². The van der Waals surface area contributed by atoms with E-state index >= 15 is 0 Å². The molecule has 1 rings (SSSR count). The van der Waals surface area contributed by atoms with Crippen LogP contribution >= 0.6 is 0 Å². The fourth-order valence-electron chi connectivity index (χ4n) is 1.58. The second-order valence-corrected chi connectivity index (χ2v) is 3.22. The van der Waals surface area contributed by atoms with Gasteiger partial charge in [0.05, 0.1) is 0 Å². The first-order valence-corrected chi connectivity index (χ1v) is 5.05. The summed E-state index contributed by atoms with van der Waals surface area (Å²) in [5.41, 5.74) is 3.05. The van der Waals surface area contributed by atoms with Crippen molar-refractivity contribution in [3.8, 4) is 0 Å². The van der Waals surface area contributed by atoms with E-state index in [-0.39, 0.29) is 6.23 Å². The number of hydrogen-bond acceptors (Lipinski definition) is 4. The predicted molar refractivity (Wildman–Crippen MR) is 57.8 cm³/mol. The number of ether oxygens (including phenoxy) is 1. The van der Waals surface area contributed by atoms with E-state index in [4.69, 9.17) is 4.74 Å². The first-order valence-electron chi connectivity index (χ1n) is 5.05. The maximum absolute atomic E-state index is 5.63. The molecule has 1 aliphatic rings. The normalized spacial score (nSPS) is 22.6. The molecule has 0 bridgehead atoms. The topological polar surface area (TPSA) is 36.9 Å². The highest BCUT2D eigenvalue weighted by Crippen LogP contribution is 2.18. The molecule has 1 heterocycles. The van der Waals surface area contributed by atoms with Gasteiger partial charge in [-0.2, -0.15) is 0 Å². The number of nitrogens with zero attached hydrogens (tertiary/aromatic N) is 2. The molecule has 1 fully saturated rings. The van der Waals surface area contributed by atoms with Gasteiger partial charge in [-0.05, 0) is 26.2 Å². The van der Waals surface area contributed by atoms with Crippen LogP contribution in [0.15, 0.2) is 17.4 Å². The minimum atomic E-state index is 0.0740. The fourth-order valence-corrected chi connectivity index (χ4v) is 1.58. The molecule has 0 aromatic rings. The monoisotopic (exact) mass is 197 g/mol. The van der Waals surface area contributed by atoms with Crippen LogP contribution in [0.25, 0.3) is 0 Å². The average molecular weight is 197 g/mol. The molecule has 0 aromatic heterocycles. The summed E-state index contributed by atoms with van der Waals surface area (Å²) < 4.78 is 5.63. The summed E-state index contributed by atoms with van der Waals surface area (Å²) >= 11 is 0. The third kappa shape index (κ3) is 2.82. The standard InChI is InChI=1S/C10H19N3O/c1-4-12-9(2)13(11-3)10-7-5-6-8-14-10/h4,10-11H,2,5-8H2,1,3H3/b12-4-. The SMILES string of the molecule is C=C(/N=C\C)N(NC)C1CCCCO1. The molecule has 1 N–H and O–H groups in total. The van der Waals surface area contributed by atoms with Gasteiger partial charge in [0.15, 0.2) is 0 Å². The van der Waals surface area contributed by atoms with Crippen molar-refractivity contribution in [2.45, 2.75) is 32.4 Å². The largest absolute Gasteiger partial charge is 0.357 e. The third-order valence-corrected chi connectivity index (χ3v) is 2.24. The molecular formula is C10H19N3O. The van der Waals surface area contributed by atoms with Crippen LogP contribution in [0.5, 0.6) is 0 Å². The van der Waals surface area contributed by atoms with Crippen molar-refractivity contribution in [3.63, 3.8) is 0 Å². The van der Waals surface area contributed by atoms with Crippen molar-refractivity contribution in [1.82, 2.24) is 10.4 Å². The Hall–Kier alpha value is -0.870. The zero-order valence-corrected chi connectivity index (χ0v) is 8.99. The number of nitrogens with one attached hydrogen (secondary N) is 1. The van der Waals surface area contributed by atoms with Gasteiger partial charge in [0.25, 0.3) is 0 Å². The van der Waals surface area contributed by atoms with E-state index in [1.165, 1.54) is 6.42 Å². The first-order chi connectivity index (χ1) is 6.79. The lowest BCUT2D eigenvalue weighted by atomic mass is 10.2. The van der Waals surface area contributed by atoms with Gasteiger partial charge in [-0.1, -0.05) is 6.58 Å². The smallest absolute Gasteiger partial charge is 0.145 e. The van der Waals surface area contributed by atoms with Gasteiger partial charge in [0.2, 0.25) is 0 Å². The molecule has 1 aliphatic heterocycles. The zero-order chi connectivity index (χ0) is 10.4. The molecule has 0 amide bonds. The molecule has 1 unspecified atom stereocenters. The average Bonchev–Trinajstić information content (AvgIpc) is 2.21. The molecule has 1 atom stereocenters. The maximum atomic E-state index is 5.63. The van der Waals surface area contributed by atoms with Crippen molar-refractivity contribution in [3.05, 3.63) is 12.4 Å². The quantitative estimate of drug-likeness (QED) is 0.548. The Balaban J connectivity index is 2.55. The van der Waals surface area contributed by atoms with Crippen LogP contribution in [-0.2, 0) is 4.74 Å². The number of rotatable bonds is 4. The lowest BCUT2D eigenvalue weighted by Crippen LogP contribution is -2.45. The number of hydrazine groups is 1. The maximum Gasteiger partial charge on any atom is 0.145 e. The van der Waals surface area contributed by atoms with Crippen molar-refractivity contribution < 1.29 is 4.74 Å². The highest BCUT2D eigenvalue weighted by molar-refractivity contribution is 5.54. The summed E-state index contributed by atoms with van der Waals surface area (Å²) in [5.74, 6) is 0.696. The highest BCUT2D eigenvalue weighted by atomic mass is 16.5. The molecule has 0 spiro atoms. The van der Waals surface area contributed by atoms with E-state index in [1.807, 2.05) is 19.0 Å².